The Morgan fingerprint density at radius 3 is 1.94 bits per heavy atom. The number of rotatable bonds is 4. The van der Waals surface area contributed by atoms with Gasteiger partial charge in [0.25, 0.3) is 0 Å². The Hall–Kier alpha value is -1.55. The van der Waals surface area contributed by atoms with Crippen LogP contribution in [-0.2, 0) is 19.7 Å². The molecule has 1 heterocycles. The van der Waals surface area contributed by atoms with E-state index in [1.54, 1.807) is 25.7 Å². The van der Waals surface area contributed by atoms with Crippen LogP contribution in [0.3, 0.4) is 0 Å². The van der Waals surface area contributed by atoms with E-state index in [9.17, 15) is 18.0 Å². The van der Waals surface area contributed by atoms with Crippen LogP contribution >= 0.6 is 0 Å². The number of hydrogen-bond acceptors (Lipinski definition) is 6. The predicted molar refractivity (Wildman–Crippen MR) is 116 cm³/mol. The van der Waals surface area contributed by atoms with Gasteiger partial charge in [-0.1, -0.05) is 12.8 Å². The lowest BCUT2D eigenvalue weighted by molar-refractivity contribution is -0.0989. The summed E-state index contributed by atoms with van der Waals surface area (Å²) >= 11 is 0. The SMILES string of the molecule is CC(C)(C)OC(=O)NS(=O)(=O)N(C1CCCC1)C1CC2(C1)CN(C(=O)OC(C)(C)C)C2. The molecule has 2 saturated carbocycles. The highest BCUT2D eigenvalue weighted by molar-refractivity contribution is 7.87. The van der Waals surface area contributed by atoms with Crippen LogP contribution in [0.1, 0.15) is 80.1 Å². The van der Waals surface area contributed by atoms with Crippen molar-refractivity contribution in [1.29, 1.82) is 0 Å². The largest absolute Gasteiger partial charge is 0.444 e. The van der Waals surface area contributed by atoms with Crippen LogP contribution in [0.25, 0.3) is 0 Å². The van der Waals surface area contributed by atoms with Crippen LogP contribution < -0.4 is 4.72 Å². The normalized spacial score (nSPS) is 22.2. The van der Waals surface area contributed by atoms with Gasteiger partial charge in [0.1, 0.15) is 11.2 Å². The Labute approximate surface area is 186 Å². The van der Waals surface area contributed by atoms with Gasteiger partial charge in [-0.05, 0) is 67.2 Å². The molecule has 0 aromatic rings. The monoisotopic (exact) mass is 459 g/mol. The van der Waals surface area contributed by atoms with E-state index in [-0.39, 0.29) is 23.6 Å². The van der Waals surface area contributed by atoms with Gasteiger partial charge in [0.05, 0.1) is 0 Å². The molecule has 1 aliphatic heterocycles. The minimum atomic E-state index is -4.02. The summed E-state index contributed by atoms with van der Waals surface area (Å²) in [6.45, 7) is 11.7. The van der Waals surface area contributed by atoms with Gasteiger partial charge in [-0.3, -0.25) is 0 Å². The van der Waals surface area contributed by atoms with Gasteiger partial charge in [-0.15, -0.1) is 0 Å². The Morgan fingerprint density at radius 2 is 1.45 bits per heavy atom. The topological polar surface area (TPSA) is 105 Å². The molecule has 0 bridgehead atoms. The standard InChI is InChI=1S/C21H37N3O6S/c1-19(2,3)29-17(25)22-31(27,28)24(15-9-7-8-10-15)16-11-21(12-16)13-23(14-21)18(26)30-20(4,5)6/h15-16H,7-14H2,1-6H3,(H,22,25). The third kappa shape index (κ3) is 5.83. The number of likely N-dealkylation sites (tertiary alicyclic amines) is 1. The first-order chi connectivity index (χ1) is 14.1. The minimum absolute atomic E-state index is 0.0557. The van der Waals surface area contributed by atoms with E-state index in [1.807, 2.05) is 20.8 Å². The van der Waals surface area contributed by atoms with Gasteiger partial charge < -0.3 is 14.4 Å². The number of amides is 2. The molecule has 0 aromatic heterocycles. The molecule has 0 unspecified atom stereocenters. The van der Waals surface area contributed by atoms with E-state index in [2.05, 4.69) is 4.72 Å². The van der Waals surface area contributed by atoms with Gasteiger partial charge in [0.15, 0.2) is 0 Å². The highest BCUT2D eigenvalue weighted by Gasteiger charge is 2.58. The van der Waals surface area contributed by atoms with Gasteiger partial charge in [0, 0.05) is 30.6 Å². The average Bonchev–Trinajstić information content (AvgIpc) is 2.96. The summed E-state index contributed by atoms with van der Waals surface area (Å²) in [6, 6.07) is -0.284. The quantitative estimate of drug-likeness (QED) is 0.691. The molecule has 3 aliphatic rings. The molecule has 2 aliphatic carbocycles. The number of hydrogen-bond donors (Lipinski definition) is 1. The maximum absolute atomic E-state index is 13.1. The first-order valence-corrected chi connectivity index (χ1v) is 12.6. The van der Waals surface area contributed by atoms with Crippen LogP contribution in [0.5, 0.6) is 0 Å². The molecular weight excluding hydrogens is 422 g/mol. The number of nitrogens with zero attached hydrogens (tertiary/aromatic N) is 2. The molecule has 10 heteroatoms. The second kappa shape index (κ2) is 8.10. The average molecular weight is 460 g/mol. The molecule has 178 valence electrons. The van der Waals surface area contributed by atoms with E-state index in [0.717, 1.165) is 25.7 Å². The molecule has 0 atom stereocenters. The maximum Gasteiger partial charge on any atom is 0.422 e. The number of nitrogens with one attached hydrogen (secondary N) is 1. The molecule has 0 radical (unpaired) electrons. The summed E-state index contributed by atoms with van der Waals surface area (Å²) in [5.41, 5.74) is -1.38. The van der Waals surface area contributed by atoms with Crippen molar-refractivity contribution in [3.05, 3.63) is 0 Å². The van der Waals surface area contributed by atoms with Crippen molar-refractivity contribution < 1.29 is 27.5 Å². The first kappa shape index (κ1) is 24.1. The van der Waals surface area contributed by atoms with Crippen molar-refractivity contribution in [2.24, 2.45) is 5.41 Å². The number of carbonyl (C=O) groups is 2. The maximum atomic E-state index is 13.1. The summed E-state index contributed by atoms with van der Waals surface area (Å²) in [7, 11) is -4.02. The van der Waals surface area contributed by atoms with E-state index in [4.69, 9.17) is 9.47 Å². The second-order valence-corrected chi connectivity index (χ2v) is 12.9. The van der Waals surface area contributed by atoms with Crippen molar-refractivity contribution in [3.8, 4) is 0 Å². The molecule has 1 spiro atoms. The Kier molecular flexibility index (Phi) is 6.30. The lowest BCUT2D eigenvalue weighted by Crippen LogP contribution is -2.69. The highest BCUT2D eigenvalue weighted by Crippen LogP contribution is 2.52. The molecule has 0 aromatic carbocycles. The Bertz CT molecular complexity index is 794. The Balaban J connectivity index is 1.62. The zero-order valence-electron chi connectivity index (χ0n) is 19.6. The van der Waals surface area contributed by atoms with E-state index in [0.29, 0.717) is 25.9 Å². The summed E-state index contributed by atoms with van der Waals surface area (Å²) in [4.78, 5) is 26.1. The molecule has 31 heavy (non-hydrogen) atoms. The number of carbonyl (C=O) groups excluding carboxylic acids is 2. The van der Waals surface area contributed by atoms with Crippen LogP contribution in [0.2, 0.25) is 0 Å². The number of ether oxygens (including phenoxy) is 2. The highest BCUT2D eigenvalue weighted by atomic mass is 32.2. The fraction of sp³-hybridized carbons (Fsp3) is 0.905. The fourth-order valence-electron chi connectivity index (χ4n) is 4.90. The zero-order chi connectivity index (χ0) is 23.2. The zero-order valence-corrected chi connectivity index (χ0v) is 20.4. The van der Waals surface area contributed by atoms with Gasteiger partial charge >= 0.3 is 22.4 Å². The van der Waals surface area contributed by atoms with Crippen molar-refractivity contribution in [2.45, 2.75) is 103 Å². The van der Waals surface area contributed by atoms with E-state index >= 15 is 0 Å². The predicted octanol–water partition coefficient (Wildman–Crippen LogP) is 3.40. The molecular formula is C21H37N3O6S. The van der Waals surface area contributed by atoms with Crippen molar-refractivity contribution in [1.82, 2.24) is 13.9 Å². The van der Waals surface area contributed by atoms with Gasteiger partial charge in [-0.2, -0.15) is 12.7 Å². The molecule has 1 saturated heterocycles. The fourth-order valence-corrected chi connectivity index (χ4v) is 6.41. The third-order valence-corrected chi connectivity index (χ3v) is 7.55. The van der Waals surface area contributed by atoms with Crippen LogP contribution in [0.4, 0.5) is 9.59 Å². The van der Waals surface area contributed by atoms with Crippen LogP contribution in [0, 0.1) is 5.41 Å². The summed E-state index contributed by atoms with van der Waals surface area (Å²) in [5, 5.41) is 0. The second-order valence-electron chi connectivity index (χ2n) is 11.3. The summed E-state index contributed by atoms with van der Waals surface area (Å²) in [6.07, 6.45) is 3.63. The Morgan fingerprint density at radius 1 is 0.935 bits per heavy atom. The van der Waals surface area contributed by atoms with Crippen molar-refractivity contribution >= 4 is 22.4 Å². The first-order valence-electron chi connectivity index (χ1n) is 11.1. The van der Waals surface area contributed by atoms with E-state index in [1.165, 1.54) is 4.31 Å². The lowest BCUT2D eigenvalue weighted by atomic mass is 9.60. The lowest BCUT2D eigenvalue weighted by Gasteiger charge is -2.60. The smallest absolute Gasteiger partial charge is 0.422 e. The molecule has 1 N–H and O–H groups in total. The third-order valence-electron chi connectivity index (χ3n) is 5.97. The summed E-state index contributed by atoms with van der Waals surface area (Å²) < 4.78 is 40.4. The molecule has 9 nitrogen and oxygen atoms in total. The van der Waals surface area contributed by atoms with Crippen LogP contribution in [0.15, 0.2) is 0 Å². The van der Waals surface area contributed by atoms with Crippen LogP contribution in [-0.4, -0.2) is 66.2 Å². The molecule has 3 fully saturated rings. The molecule has 2 amide bonds. The van der Waals surface area contributed by atoms with E-state index < -0.39 is 27.5 Å². The molecule has 3 rings (SSSR count). The van der Waals surface area contributed by atoms with Crippen molar-refractivity contribution in [2.75, 3.05) is 13.1 Å². The van der Waals surface area contributed by atoms with Gasteiger partial charge in [-0.25, -0.2) is 14.3 Å². The summed E-state index contributed by atoms with van der Waals surface area (Å²) in [5.74, 6) is 0. The van der Waals surface area contributed by atoms with Gasteiger partial charge in [0.2, 0.25) is 0 Å². The minimum Gasteiger partial charge on any atom is -0.444 e. The van der Waals surface area contributed by atoms with Crippen molar-refractivity contribution in [3.63, 3.8) is 0 Å².